The normalized spacial score (nSPS) is 14.5. The number of halogens is 1. The number of amides is 1. The highest BCUT2D eigenvalue weighted by Gasteiger charge is 2.18. The Hall–Kier alpha value is -2.78. The number of benzene rings is 1. The highest BCUT2D eigenvalue weighted by molar-refractivity contribution is 7.71. The summed E-state index contributed by atoms with van der Waals surface area (Å²) < 4.78 is 19.6. The van der Waals surface area contributed by atoms with Crippen LogP contribution in [0, 0.1) is 10.6 Å². The Labute approximate surface area is 159 Å². The van der Waals surface area contributed by atoms with Crippen LogP contribution < -0.4 is 10.2 Å². The molecule has 1 aliphatic rings. The number of aromatic nitrogens is 3. The summed E-state index contributed by atoms with van der Waals surface area (Å²) in [4.78, 5) is 25.0. The summed E-state index contributed by atoms with van der Waals surface area (Å²) >= 11 is 5.04. The Kier molecular flexibility index (Phi) is 4.87. The van der Waals surface area contributed by atoms with Gasteiger partial charge in [-0.2, -0.15) is 0 Å². The average Bonchev–Trinajstić information content (AvgIpc) is 3.06. The first-order chi connectivity index (χ1) is 13.1. The van der Waals surface area contributed by atoms with Crippen LogP contribution in [0.5, 0.6) is 0 Å². The molecule has 0 atom stereocenters. The first-order valence-corrected chi connectivity index (χ1v) is 8.99. The number of anilines is 1. The minimum absolute atomic E-state index is 0.203. The van der Waals surface area contributed by atoms with Crippen LogP contribution in [0.2, 0.25) is 0 Å². The molecule has 7 nitrogen and oxygen atoms in total. The highest BCUT2D eigenvalue weighted by atomic mass is 32.1. The quantitative estimate of drug-likeness (QED) is 0.599. The molecule has 0 saturated carbocycles. The number of nitrogens with zero attached hydrogens (tertiary/aromatic N) is 2. The van der Waals surface area contributed by atoms with Gasteiger partial charge in [0.15, 0.2) is 4.77 Å². The molecule has 0 bridgehead atoms. The molecule has 1 fully saturated rings. The molecular formula is C18H18FN5O2S. The largest absolute Gasteiger partial charge is 0.378 e. The molecule has 0 aliphatic carbocycles. The molecule has 0 spiro atoms. The second-order valence-electron chi connectivity index (χ2n) is 6.22. The highest BCUT2D eigenvalue weighted by Crippen LogP contribution is 2.20. The van der Waals surface area contributed by atoms with E-state index in [0.29, 0.717) is 29.0 Å². The maximum absolute atomic E-state index is 13.9. The zero-order chi connectivity index (χ0) is 18.8. The number of rotatable bonds is 4. The predicted molar refractivity (Wildman–Crippen MR) is 102 cm³/mol. The molecule has 140 valence electrons. The van der Waals surface area contributed by atoms with E-state index in [-0.39, 0.29) is 18.0 Å². The fourth-order valence-corrected chi connectivity index (χ4v) is 3.40. The molecule has 0 unspecified atom stereocenters. The van der Waals surface area contributed by atoms with Crippen LogP contribution in [0.4, 0.5) is 10.2 Å². The van der Waals surface area contributed by atoms with Crippen LogP contribution in [-0.2, 0) is 11.3 Å². The van der Waals surface area contributed by atoms with Crippen molar-refractivity contribution < 1.29 is 13.9 Å². The number of H-pyrrole nitrogens is 2. The molecule has 9 heteroatoms. The number of aromatic amines is 2. The third-order valence-corrected chi connectivity index (χ3v) is 4.66. The zero-order valence-electron chi connectivity index (χ0n) is 14.4. The number of hydrogen-bond donors (Lipinski definition) is 3. The summed E-state index contributed by atoms with van der Waals surface area (Å²) in [6.07, 6.45) is 1.73. The van der Waals surface area contributed by atoms with Crippen LogP contribution in [0.25, 0.3) is 11.0 Å². The molecule has 27 heavy (non-hydrogen) atoms. The Balaban J connectivity index is 1.56. The van der Waals surface area contributed by atoms with E-state index in [9.17, 15) is 9.18 Å². The lowest BCUT2D eigenvalue weighted by atomic mass is 10.1. The number of morpholine rings is 1. The fraction of sp³-hybridized carbons (Fsp3) is 0.278. The second kappa shape index (κ2) is 7.45. The summed E-state index contributed by atoms with van der Waals surface area (Å²) in [5.41, 5.74) is 2.04. The topological polar surface area (TPSA) is 86.0 Å². The molecule has 1 amide bonds. The van der Waals surface area contributed by atoms with Gasteiger partial charge in [-0.25, -0.2) is 9.37 Å². The van der Waals surface area contributed by atoms with Crippen molar-refractivity contribution >= 4 is 35.0 Å². The lowest BCUT2D eigenvalue weighted by Gasteiger charge is -2.29. The summed E-state index contributed by atoms with van der Waals surface area (Å²) in [6, 6.07) is 6.25. The third kappa shape index (κ3) is 3.69. The Morgan fingerprint density at radius 3 is 2.96 bits per heavy atom. The summed E-state index contributed by atoms with van der Waals surface area (Å²) in [5.74, 6) is -0.0682. The van der Waals surface area contributed by atoms with E-state index < -0.39 is 5.82 Å². The van der Waals surface area contributed by atoms with E-state index in [1.54, 1.807) is 6.20 Å². The van der Waals surface area contributed by atoms with E-state index in [1.165, 1.54) is 12.1 Å². The zero-order valence-corrected chi connectivity index (χ0v) is 15.2. The maximum Gasteiger partial charge on any atom is 0.253 e. The van der Waals surface area contributed by atoms with Gasteiger partial charge in [0.2, 0.25) is 0 Å². The van der Waals surface area contributed by atoms with Crippen LogP contribution in [-0.4, -0.2) is 47.2 Å². The van der Waals surface area contributed by atoms with Crippen molar-refractivity contribution in [3.05, 3.63) is 52.2 Å². The summed E-state index contributed by atoms with van der Waals surface area (Å²) in [6.45, 7) is 3.08. The van der Waals surface area contributed by atoms with Crippen molar-refractivity contribution in [1.29, 1.82) is 0 Å². The van der Waals surface area contributed by atoms with Crippen LogP contribution in [0.15, 0.2) is 30.5 Å². The number of hydrogen-bond acceptors (Lipinski definition) is 5. The van der Waals surface area contributed by atoms with Gasteiger partial charge in [0, 0.05) is 31.4 Å². The average molecular weight is 387 g/mol. The molecule has 3 aromatic rings. The molecule has 3 heterocycles. The summed E-state index contributed by atoms with van der Waals surface area (Å²) in [5, 5.41) is 2.85. The van der Waals surface area contributed by atoms with Crippen molar-refractivity contribution in [2.75, 3.05) is 31.2 Å². The van der Waals surface area contributed by atoms with Gasteiger partial charge < -0.3 is 24.9 Å². The van der Waals surface area contributed by atoms with E-state index in [2.05, 4.69) is 25.2 Å². The van der Waals surface area contributed by atoms with E-state index in [4.69, 9.17) is 17.0 Å². The van der Waals surface area contributed by atoms with Crippen molar-refractivity contribution in [1.82, 2.24) is 20.3 Å². The fourth-order valence-electron chi connectivity index (χ4n) is 3.19. The van der Waals surface area contributed by atoms with E-state index >= 15 is 0 Å². The monoisotopic (exact) mass is 387 g/mol. The van der Waals surface area contributed by atoms with Gasteiger partial charge in [-0.15, -0.1) is 0 Å². The van der Waals surface area contributed by atoms with Gasteiger partial charge in [-0.3, -0.25) is 4.79 Å². The number of pyridine rings is 1. The molecule has 2 aromatic heterocycles. The van der Waals surface area contributed by atoms with Gasteiger partial charge >= 0.3 is 0 Å². The van der Waals surface area contributed by atoms with Crippen molar-refractivity contribution in [3.63, 3.8) is 0 Å². The van der Waals surface area contributed by atoms with E-state index in [1.807, 2.05) is 12.1 Å². The Morgan fingerprint density at radius 2 is 2.15 bits per heavy atom. The summed E-state index contributed by atoms with van der Waals surface area (Å²) in [7, 11) is 0. The molecule has 4 rings (SSSR count). The van der Waals surface area contributed by atoms with Gasteiger partial charge in [0.05, 0.1) is 29.8 Å². The first-order valence-electron chi connectivity index (χ1n) is 8.58. The van der Waals surface area contributed by atoms with Gasteiger partial charge in [-0.1, -0.05) is 6.07 Å². The minimum Gasteiger partial charge on any atom is -0.378 e. The molecule has 0 radical (unpaired) electrons. The molecular weight excluding hydrogens is 369 g/mol. The molecule has 1 saturated heterocycles. The Bertz CT molecular complexity index is 1040. The number of carbonyl (C=O) groups is 1. The lowest BCUT2D eigenvalue weighted by Crippen LogP contribution is -2.37. The van der Waals surface area contributed by atoms with Crippen LogP contribution >= 0.6 is 12.2 Å². The minimum atomic E-state index is -0.506. The van der Waals surface area contributed by atoms with Crippen LogP contribution in [0.3, 0.4) is 0 Å². The molecule has 1 aliphatic heterocycles. The second-order valence-corrected chi connectivity index (χ2v) is 6.63. The maximum atomic E-state index is 13.9. The SMILES string of the molecule is O=C(NCc1cccnc1N1CCOCC1)c1cc(F)cc2[nH]c(=S)[nH]c12. The van der Waals surface area contributed by atoms with Crippen molar-refractivity contribution in [2.24, 2.45) is 0 Å². The first kappa shape index (κ1) is 17.6. The Morgan fingerprint density at radius 1 is 1.33 bits per heavy atom. The van der Waals surface area contributed by atoms with Gasteiger partial charge in [-0.05, 0) is 30.4 Å². The number of fused-ring (bicyclic) bond motifs is 1. The number of ether oxygens (including phenoxy) is 1. The van der Waals surface area contributed by atoms with Crippen molar-refractivity contribution in [3.8, 4) is 0 Å². The van der Waals surface area contributed by atoms with Gasteiger partial charge in [0.1, 0.15) is 11.6 Å². The lowest BCUT2D eigenvalue weighted by molar-refractivity contribution is 0.0951. The standard InChI is InChI=1S/C18H18FN5O2S/c19-12-8-13(15-14(9-12)22-18(27)23-15)17(25)21-10-11-2-1-3-20-16(11)24-4-6-26-7-5-24/h1-3,8-9H,4-7,10H2,(H,21,25)(H2,22,23,27). The molecule has 1 aromatic carbocycles. The molecule has 3 N–H and O–H groups in total. The third-order valence-electron chi connectivity index (χ3n) is 4.45. The number of imidazole rings is 1. The number of nitrogens with one attached hydrogen (secondary N) is 3. The van der Waals surface area contributed by atoms with Crippen LogP contribution in [0.1, 0.15) is 15.9 Å². The van der Waals surface area contributed by atoms with Gasteiger partial charge in [0.25, 0.3) is 5.91 Å². The van der Waals surface area contributed by atoms with Crippen molar-refractivity contribution in [2.45, 2.75) is 6.54 Å². The number of carbonyl (C=O) groups excluding carboxylic acids is 1. The predicted octanol–water partition coefficient (Wildman–Crippen LogP) is 2.53. The smallest absolute Gasteiger partial charge is 0.253 e. The van der Waals surface area contributed by atoms with E-state index in [0.717, 1.165) is 24.5 Å².